The predicted molar refractivity (Wildman–Crippen MR) is 104 cm³/mol. The van der Waals surface area contributed by atoms with E-state index in [0.29, 0.717) is 5.69 Å². The minimum atomic E-state index is -0.125. The molecule has 1 aliphatic carbocycles. The monoisotopic (exact) mass is 353 g/mol. The average molecular weight is 353 g/mol. The van der Waals surface area contributed by atoms with Gasteiger partial charge in [0.05, 0.1) is 5.69 Å². The average Bonchev–Trinajstić information content (AvgIpc) is 3.37. The van der Waals surface area contributed by atoms with Crippen molar-refractivity contribution in [3.05, 3.63) is 41.7 Å². The van der Waals surface area contributed by atoms with E-state index in [-0.39, 0.29) is 5.91 Å². The zero-order valence-corrected chi connectivity index (χ0v) is 15.6. The van der Waals surface area contributed by atoms with Gasteiger partial charge in [-0.2, -0.15) is 5.10 Å². The first-order chi connectivity index (χ1) is 12.6. The number of carbonyl (C=O) groups is 1. The summed E-state index contributed by atoms with van der Waals surface area (Å²) in [6.45, 7) is 7.51. The number of nitrogens with one attached hydrogen (secondary N) is 1. The quantitative estimate of drug-likeness (QED) is 0.897. The van der Waals surface area contributed by atoms with E-state index in [9.17, 15) is 4.79 Å². The van der Waals surface area contributed by atoms with E-state index in [0.717, 1.165) is 43.5 Å². The Balaban J connectivity index is 1.38. The third kappa shape index (κ3) is 3.90. The molecule has 6 nitrogen and oxygen atoms in total. The summed E-state index contributed by atoms with van der Waals surface area (Å²) in [7, 11) is 1.79. The van der Waals surface area contributed by atoms with E-state index in [1.54, 1.807) is 17.8 Å². The summed E-state index contributed by atoms with van der Waals surface area (Å²) in [6, 6.07) is 9.94. The van der Waals surface area contributed by atoms with Crippen molar-refractivity contribution in [2.75, 3.05) is 42.9 Å². The fraction of sp³-hybridized carbons (Fsp3) is 0.500. The van der Waals surface area contributed by atoms with E-state index in [1.165, 1.54) is 25.1 Å². The van der Waals surface area contributed by atoms with Crippen LogP contribution in [0.1, 0.15) is 29.0 Å². The summed E-state index contributed by atoms with van der Waals surface area (Å²) < 4.78 is 1.62. The molecule has 138 valence electrons. The highest BCUT2D eigenvalue weighted by molar-refractivity contribution is 6.03. The minimum absolute atomic E-state index is 0.125. The molecule has 1 saturated carbocycles. The summed E-state index contributed by atoms with van der Waals surface area (Å²) >= 11 is 0. The van der Waals surface area contributed by atoms with E-state index >= 15 is 0 Å². The van der Waals surface area contributed by atoms with E-state index in [1.807, 2.05) is 19.1 Å². The molecule has 0 unspecified atom stereocenters. The van der Waals surface area contributed by atoms with Crippen LogP contribution in [-0.2, 0) is 7.05 Å². The number of piperazine rings is 1. The molecule has 1 aromatic carbocycles. The number of nitrogens with zero attached hydrogens (tertiary/aromatic N) is 4. The molecule has 1 aromatic heterocycles. The molecule has 2 aromatic rings. The molecule has 1 N–H and O–H groups in total. The van der Waals surface area contributed by atoms with E-state index < -0.39 is 0 Å². The Bertz CT molecular complexity index is 787. The van der Waals surface area contributed by atoms with Gasteiger partial charge in [-0.1, -0.05) is 6.07 Å². The van der Waals surface area contributed by atoms with Crippen molar-refractivity contribution in [3.63, 3.8) is 0 Å². The molecular weight excluding hydrogens is 326 g/mol. The fourth-order valence-corrected chi connectivity index (χ4v) is 3.65. The molecule has 0 atom stereocenters. The van der Waals surface area contributed by atoms with Crippen LogP contribution in [0, 0.1) is 12.8 Å². The maximum absolute atomic E-state index is 12.5. The molecule has 1 saturated heterocycles. The SMILES string of the molecule is Cc1cc(C(=O)Nc2cccc(N3CCN(CC4CC4)CC3)c2)n(C)n1. The molecule has 2 aliphatic rings. The second-order valence-corrected chi connectivity index (χ2v) is 7.53. The summed E-state index contributed by atoms with van der Waals surface area (Å²) in [5.41, 5.74) is 3.42. The lowest BCUT2D eigenvalue weighted by Gasteiger charge is -2.36. The molecule has 26 heavy (non-hydrogen) atoms. The van der Waals surface area contributed by atoms with Crippen LogP contribution < -0.4 is 10.2 Å². The van der Waals surface area contributed by atoms with Crippen LogP contribution in [0.5, 0.6) is 0 Å². The van der Waals surface area contributed by atoms with Crippen molar-refractivity contribution in [1.82, 2.24) is 14.7 Å². The van der Waals surface area contributed by atoms with Crippen LogP contribution in [0.15, 0.2) is 30.3 Å². The largest absolute Gasteiger partial charge is 0.369 e. The number of aryl methyl sites for hydroxylation is 2. The highest BCUT2D eigenvalue weighted by Gasteiger charge is 2.26. The van der Waals surface area contributed by atoms with Crippen LogP contribution in [0.25, 0.3) is 0 Å². The Morgan fingerprint density at radius 3 is 2.62 bits per heavy atom. The Morgan fingerprint density at radius 1 is 1.19 bits per heavy atom. The molecule has 0 spiro atoms. The maximum Gasteiger partial charge on any atom is 0.273 e. The molecule has 2 fully saturated rings. The molecular formula is C20H27N5O. The highest BCUT2D eigenvalue weighted by Crippen LogP contribution is 2.30. The van der Waals surface area contributed by atoms with E-state index in [4.69, 9.17) is 0 Å². The zero-order valence-electron chi connectivity index (χ0n) is 15.6. The molecule has 6 heteroatoms. The number of hydrogen-bond acceptors (Lipinski definition) is 4. The number of carbonyl (C=O) groups excluding carboxylic acids is 1. The standard InChI is InChI=1S/C20H27N5O/c1-15-12-19(23(2)22-15)20(26)21-17-4-3-5-18(13-17)25-10-8-24(9-11-25)14-16-6-7-16/h3-5,12-13,16H,6-11,14H2,1-2H3,(H,21,26). The van der Waals surface area contributed by atoms with Gasteiger partial charge in [0.15, 0.2) is 0 Å². The van der Waals surface area contributed by atoms with E-state index in [2.05, 4.69) is 32.3 Å². The van der Waals surface area contributed by atoms with Crippen LogP contribution >= 0.6 is 0 Å². The summed E-state index contributed by atoms with van der Waals surface area (Å²) in [4.78, 5) is 17.5. The lowest BCUT2D eigenvalue weighted by atomic mass is 10.2. The van der Waals surface area contributed by atoms with Gasteiger partial charge in [-0.3, -0.25) is 14.4 Å². The van der Waals surface area contributed by atoms with Crippen LogP contribution in [0.2, 0.25) is 0 Å². The maximum atomic E-state index is 12.5. The Labute approximate surface area is 154 Å². The van der Waals surface area contributed by atoms with Gasteiger partial charge in [-0.15, -0.1) is 0 Å². The predicted octanol–water partition coefficient (Wildman–Crippen LogP) is 2.51. The number of benzene rings is 1. The highest BCUT2D eigenvalue weighted by atomic mass is 16.2. The van der Waals surface area contributed by atoms with Gasteiger partial charge in [0.25, 0.3) is 5.91 Å². The van der Waals surface area contributed by atoms with Gasteiger partial charge < -0.3 is 10.2 Å². The number of anilines is 2. The number of amides is 1. The first-order valence-corrected chi connectivity index (χ1v) is 9.48. The molecule has 0 bridgehead atoms. The number of rotatable bonds is 5. The zero-order chi connectivity index (χ0) is 18.1. The van der Waals surface area contributed by atoms with Gasteiger partial charge in [0, 0.05) is 51.1 Å². The molecule has 0 radical (unpaired) electrons. The van der Waals surface area contributed by atoms with Crippen molar-refractivity contribution >= 4 is 17.3 Å². The minimum Gasteiger partial charge on any atom is -0.369 e. The van der Waals surface area contributed by atoms with Crippen molar-refractivity contribution in [2.24, 2.45) is 13.0 Å². The molecule has 2 heterocycles. The lowest BCUT2D eigenvalue weighted by molar-refractivity contribution is 0.101. The van der Waals surface area contributed by atoms with Crippen LogP contribution in [0.3, 0.4) is 0 Å². The van der Waals surface area contributed by atoms with Gasteiger partial charge in [-0.05, 0) is 49.9 Å². The summed E-state index contributed by atoms with van der Waals surface area (Å²) in [5, 5.41) is 7.24. The number of hydrogen-bond donors (Lipinski definition) is 1. The van der Waals surface area contributed by atoms with Crippen LogP contribution in [-0.4, -0.2) is 53.3 Å². The summed E-state index contributed by atoms with van der Waals surface area (Å²) in [5.74, 6) is 0.829. The van der Waals surface area contributed by atoms with Gasteiger partial charge in [-0.25, -0.2) is 0 Å². The topological polar surface area (TPSA) is 53.4 Å². The number of aromatic nitrogens is 2. The Kier molecular flexibility index (Phi) is 4.68. The van der Waals surface area contributed by atoms with Crippen molar-refractivity contribution < 1.29 is 4.79 Å². The van der Waals surface area contributed by atoms with Crippen molar-refractivity contribution in [2.45, 2.75) is 19.8 Å². The Morgan fingerprint density at radius 2 is 1.96 bits per heavy atom. The van der Waals surface area contributed by atoms with Gasteiger partial charge >= 0.3 is 0 Å². The van der Waals surface area contributed by atoms with Gasteiger partial charge in [0.2, 0.25) is 0 Å². The van der Waals surface area contributed by atoms with Crippen molar-refractivity contribution in [1.29, 1.82) is 0 Å². The van der Waals surface area contributed by atoms with Gasteiger partial charge in [0.1, 0.15) is 5.69 Å². The normalized spacial score (nSPS) is 18.2. The van der Waals surface area contributed by atoms with Crippen LogP contribution in [0.4, 0.5) is 11.4 Å². The second-order valence-electron chi connectivity index (χ2n) is 7.53. The molecule has 1 amide bonds. The van der Waals surface area contributed by atoms with Crippen molar-refractivity contribution in [3.8, 4) is 0 Å². The smallest absolute Gasteiger partial charge is 0.273 e. The molecule has 1 aliphatic heterocycles. The first-order valence-electron chi connectivity index (χ1n) is 9.48. The third-order valence-electron chi connectivity index (χ3n) is 5.29. The second kappa shape index (κ2) is 7.11. The third-order valence-corrected chi connectivity index (χ3v) is 5.29. The first kappa shape index (κ1) is 17.1. The lowest BCUT2D eigenvalue weighted by Crippen LogP contribution is -2.47. The fourth-order valence-electron chi connectivity index (χ4n) is 3.65. The summed E-state index contributed by atoms with van der Waals surface area (Å²) in [6.07, 6.45) is 2.83. The molecule has 4 rings (SSSR count). The Hall–Kier alpha value is -2.34.